The molecule has 7 heteroatoms. The number of ether oxygens (including phenoxy) is 2. The number of halogens is 1. The van der Waals surface area contributed by atoms with Crippen molar-refractivity contribution in [1.29, 1.82) is 0 Å². The molecule has 1 heterocycles. The van der Waals surface area contributed by atoms with Crippen LogP contribution in [-0.4, -0.2) is 17.7 Å². The van der Waals surface area contributed by atoms with Gasteiger partial charge in [0, 0.05) is 11.1 Å². The molecule has 0 aliphatic heterocycles. The third kappa shape index (κ3) is 4.34. The Morgan fingerprint density at radius 2 is 1.88 bits per heavy atom. The van der Waals surface area contributed by atoms with Gasteiger partial charge in [0.2, 0.25) is 5.76 Å². The van der Waals surface area contributed by atoms with Gasteiger partial charge in [0.05, 0.1) is 18.0 Å². The Hall–Kier alpha value is -2.99. The van der Waals surface area contributed by atoms with Crippen LogP contribution in [0.4, 0.5) is 5.69 Å². The summed E-state index contributed by atoms with van der Waals surface area (Å²) in [7, 11) is 0. The van der Waals surface area contributed by atoms with Crippen molar-refractivity contribution in [2.45, 2.75) is 13.8 Å². The predicted octanol–water partition coefficient (Wildman–Crippen LogP) is 5.08. The molecule has 1 N–H and O–H groups in total. The van der Waals surface area contributed by atoms with Crippen molar-refractivity contribution in [3.63, 3.8) is 0 Å². The van der Waals surface area contributed by atoms with Gasteiger partial charge in [-0.3, -0.25) is 4.79 Å². The number of amides is 1. The molecule has 3 aromatic rings. The number of rotatable bonds is 6. The number of aromatic nitrogens is 1. The smallest absolute Gasteiger partial charge is 0.294 e. The Morgan fingerprint density at radius 3 is 2.54 bits per heavy atom. The summed E-state index contributed by atoms with van der Waals surface area (Å²) in [6.07, 6.45) is 0. The van der Waals surface area contributed by atoms with E-state index in [0.29, 0.717) is 34.5 Å². The molecule has 1 aromatic heterocycles. The Bertz CT molecular complexity index is 906. The first-order chi connectivity index (χ1) is 12.5. The maximum atomic E-state index is 12.3. The number of anilines is 1. The zero-order valence-corrected chi connectivity index (χ0v) is 15.0. The van der Waals surface area contributed by atoms with Crippen molar-refractivity contribution < 1.29 is 18.8 Å². The molecule has 0 aliphatic carbocycles. The van der Waals surface area contributed by atoms with Gasteiger partial charge in [0.15, 0.2) is 5.75 Å². The second-order valence-corrected chi connectivity index (χ2v) is 5.87. The van der Waals surface area contributed by atoms with Crippen LogP contribution in [0, 0.1) is 6.92 Å². The third-order valence-electron chi connectivity index (χ3n) is 3.40. The Balaban J connectivity index is 1.80. The molecule has 0 bridgehead atoms. The van der Waals surface area contributed by atoms with Crippen LogP contribution in [-0.2, 0) is 0 Å². The van der Waals surface area contributed by atoms with E-state index in [1.165, 1.54) is 0 Å². The highest BCUT2D eigenvalue weighted by atomic mass is 35.5. The number of hydrogen-bond donors (Lipinski definition) is 1. The Labute approximate surface area is 155 Å². The first-order valence-corrected chi connectivity index (χ1v) is 8.38. The van der Waals surface area contributed by atoms with Crippen molar-refractivity contribution in [2.24, 2.45) is 0 Å². The van der Waals surface area contributed by atoms with Crippen LogP contribution in [0.5, 0.6) is 17.2 Å². The molecule has 0 saturated carbocycles. The minimum absolute atomic E-state index is 0.106. The van der Waals surface area contributed by atoms with Gasteiger partial charge in [-0.2, -0.15) is 0 Å². The molecule has 3 rings (SSSR count). The van der Waals surface area contributed by atoms with Gasteiger partial charge >= 0.3 is 0 Å². The van der Waals surface area contributed by atoms with Crippen LogP contribution in [0.15, 0.2) is 53.1 Å². The topological polar surface area (TPSA) is 73.6 Å². The Morgan fingerprint density at radius 1 is 1.15 bits per heavy atom. The summed E-state index contributed by atoms with van der Waals surface area (Å²) in [5.41, 5.74) is 1.04. The van der Waals surface area contributed by atoms with Gasteiger partial charge in [0.1, 0.15) is 11.5 Å². The molecule has 0 unspecified atom stereocenters. The summed E-state index contributed by atoms with van der Waals surface area (Å²) >= 11 is 6.05. The molecule has 0 radical (unpaired) electrons. The molecule has 0 aliphatic rings. The SMILES string of the molecule is CCOc1ccc(Oc2ccc(Cl)cc2NC(=O)c2cc(C)no2)cc1. The van der Waals surface area contributed by atoms with E-state index in [9.17, 15) is 4.79 Å². The first kappa shape index (κ1) is 17.8. The van der Waals surface area contributed by atoms with Crippen molar-refractivity contribution in [3.8, 4) is 17.2 Å². The van der Waals surface area contributed by atoms with Gasteiger partial charge in [-0.15, -0.1) is 0 Å². The number of hydrogen-bond acceptors (Lipinski definition) is 5. The van der Waals surface area contributed by atoms with Crippen LogP contribution < -0.4 is 14.8 Å². The average molecular weight is 373 g/mol. The molecular weight excluding hydrogens is 356 g/mol. The molecule has 0 fully saturated rings. The van der Waals surface area contributed by atoms with Crippen LogP contribution in [0.2, 0.25) is 5.02 Å². The molecule has 26 heavy (non-hydrogen) atoms. The zero-order valence-electron chi connectivity index (χ0n) is 14.3. The predicted molar refractivity (Wildman–Crippen MR) is 98.3 cm³/mol. The Kier molecular flexibility index (Phi) is 5.43. The van der Waals surface area contributed by atoms with E-state index < -0.39 is 5.91 Å². The van der Waals surface area contributed by atoms with Crippen LogP contribution in [0.25, 0.3) is 0 Å². The summed E-state index contributed by atoms with van der Waals surface area (Å²) in [6, 6.07) is 13.7. The highest BCUT2D eigenvalue weighted by molar-refractivity contribution is 6.31. The quantitative estimate of drug-likeness (QED) is 0.653. The number of nitrogens with one attached hydrogen (secondary N) is 1. The highest BCUT2D eigenvalue weighted by Crippen LogP contribution is 2.33. The van der Waals surface area contributed by atoms with Crippen molar-refractivity contribution in [1.82, 2.24) is 5.16 Å². The second-order valence-electron chi connectivity index (χ2n) is 5.43. The van der Waals surface area contributed by atoms with Crippen LogP contribution in [0.3, 0.4) is 0 Å². The average Bonchev–Trinajstić information content (AvgIpc) is 3.06. The number of aryl methyl sites for hydroxylation is 1. The minimum atomic E-state index is -0.440. The lowest BCUT2D eigenvalue weighted by molar-refractivity contribution is 0.0987. The summed E-state index contributed by atoms with van der Waals surface area (Å²) in [5, 5.41) is 6.90. The van der Waals surface area contributed by atoms with Crippen LogP contribution in [0.1, 0.15) is 23.2 Å². The fourth-order valence-corrected chi connectivity index (χ4v) is 2.41. The molecule has 0 spiro atoms. The lowest BCUT2D eigenvalue weighted by Gasteiger charge is -2.12. The number of carbonyl (C=O) groups excluding carboxylic acids is 1. The van der Waals surface area contributed by atoms with E-state index in [-0.39, 0.29) is 5.76 Å². The van der Waals surface area contributed by atoms with Crippen molar-refractivity contribution >= 4 is 23.2 Å². The van der Waals surface area contributed by atoms with Crippen molar-refractivity contribution in [2.75, 3.05) is 11.9 Å². The first-order valence-electron chi connectivity index (χ1n) is 8.00. The minimum Gasteiger partial charge on any atom is -0.494 e. The molecule has 134 valence electrons. The summed E-state index contributed by atoms with van der Waals surface area (Å²) in [6.45, 7) is 4.25. The van der Waals surface area contributed by atoms with E-state index in [1.807, 2.05) is 19.1 Å². The lowest BCUT2D eigenvalue weighted by atomic mass is 10.2. The van der Waals surface area contributed by atoms with E-state index >= 15 is 0 Å². The molecule has 1 amide bonds. The molecule has 6 nitrogen and oxygen atoms in total. The largest absolute Gasteiger partial charge is 0.494 e. The summed E-state index contributed by atoms with van der Waals surface area (Å²) < 4.78 is 16.2. The number of carbonyl (C=O) groups is 1. The second kappa shape index (κ2) is 7.93. The van der Waals surface area contributed by atoms with Gasteiger partial charge in [-0.05, 0) is 56.3 Å². The van der Waals surface area contributed by atoms with Crippen LogP contribution >= 0.6 is 11.6 Å². The molecule has 0 saturated heterocycles. The lowest BCUT2D eigenvalue weighted by Crippen LogP contribution is -2.11. The normalized spacial score (nSPS) is 10.4. The third-order valence-corrected chi connectivity index (χ3v) is 3.64. The van der Waals surface area contributed by atoms with Gasteiger partial charge in [-0.25, -0.2) is 0 Å². The maximum Gasteiger partial charge on any atom is 0.294 e. The van der Waals surface area contributed by atoms with Gasteiger partial charge in [0.25, 0.3) is 5.91 Å². The van der Waals surface area contributed by atoms with Crippen molar-refractivity contribution in [3.05, 3.63) is 65.0 Å². The zero-order chi connectivity index (χ0) is 18.5. The molecule has 2 aromatic carbocycles. The summed E-state index contributed by atoms with van der Waals surface area (Å²) in [4.78, 5) is 12.3. The van der Waals surface area contributed by atoms with Gasteiger partial charge < -0.3 is 19.3 Å². The van der Waals surface area contributed by atoms with Gasteiger partial charge in [-0.1, -0.05) is 16.8 Å². The number of benzene rings is 2. The fraction of sp³-hybridized carbons (Fsp3) is 0.158. The van der Waals surface area contributed by atoms with E-state index in [4.69, 9.17) is 25.6 Å². The number of nitrogens with zero attached hydrogens (tertiary/aromatic N) is 1. The highest BCUT2D eigenvalue weighted by Gasteiger charge is 2.15. The monoisotopic (exact) mass is 372 g/mol. The fourth-order valence-electron chi connectivity index (χ4n) is 2.24. The molecular formula is C19H17ClN2O4. The van der Waals surface area contributed by atoms with E-state index in [0.717, 1.165) is 5.75 Å². The van der Waals surface area contributed by atoms with E-state index in [1.54, 1.807) is 43.3 Å². The maximum absolute atomic E-state index is 12.3. The summed E-state index contributed by atoms with van der Waals surface area (Å²) in [5.74, 6) is 1.47. The standard InChI is InChI=1S/C19H17ClN2O4/c1-3-24-14-5-7-15(8-6-14)25-17-9-4-13(20)11-16(17)21-19(23)18-10-12(2)22-26-18/h4-11H,3H2,1-2H3,(H,21,23). The van der Waals surface area contributed by atoms with E-state index in [2.05, 4.69) is 10.5 Å². The molecule has 0 atom stereocenters.